The fourth-order valence-electron chi connectivity index (χ4n) is 2.88. The zero-order chi connectivity index (χ0) is 25.2. The van der Waals surface area contributed by atoms with Crippen LogP contribution in [0, 0.1) is 17.7 Å². The number of aromatic nitrogens is 1. The predicted molar refractivity (Wildman–Crippen MR) is 104 cm³/mol. The molecule has 0 amide bonds. The van der Waals surface area contributed by atoms with Gasteiger partial charge in [0, 0.05) is 13.2 Å². The maximum absolute atomic E-state index is 14.6. The number of hydrogen-bond acceptors (Lipinski definition) is 10. The van der Waals surface area contributed by atoms with E-state index in [4.69, 9.17) is 24.2 Å². The molecule has 19 heteroatoms. The first kappa shape index (κ1) is 28.0. The maximum Gasteiger partial charge on any atom is 0.490 e. The third kappa shape index (κ3) is 7.61. The van der Waals surface area contributed by atoms with E-state index in [2.05, 4.69) is 30.0 Å². The predicted octanol–water partition coefficient (Wildman–Crippen LogP) is 0.0445. The van der Waals surface area contributed by atoms with Crippen molar-refractivity contribution in [3.05, 3.63) is 33.5 Å². The van der Waals surface area contributed by atoms with Crippen LogP contribution in [0.5, 0.6) is 0 Å². The van der Waals surface area contributed by atoms with Gasteiger partial charge in [-0.2, -0.15) is 8.62 Å². The van der Waals surface area contributed by atoms with Gasteiger partial charge in [0.2, 0.25) is 0 Å². The van der Waals surface area contributed by atoms with Gasteiger partial charge in [0.1, 0.15) is 35.9 Å². The Kier molecular flexibility index (Phi) is 8.95. The second-order valence-electron chi connectivity index (χ2n) is 6.32. The zero-order valence-corrected chi connectivity index (χ0v) is 19.4. The standard InChI is InChI=1S/C14H19FNO14P3/c1-3-4-8-11(7(15)5-10(17)16-8)13-14(26-2)12(18)9(28-13)6-27-32(22,23)30-33(24,25)29-31(19,20)21/h5,9,12-14,18H,6H2,1-2H3,(H,16,17)(H,22,23)(H,24,25)(H2,19,20,21)/t9-,12?,13+,14+/m1/s1. The minimum Gasteiger partial charge on any atom is -0.387 e. The van der Waals surface area contributed by atoms with Gasteiger partial charge in [0.25, 0.3) is 5.56 Å². The number of methoxy groups -OCH3 is 1. The van der Waals surface area contributed by atoms with Crippen LogP contribution in [0.4, 0.5) is 4.39 Å². The van der Waals surface area contributed by atoms with E-state index in [-0.39, 0.29) is 11.3 Å². The van der Waals surface area contributed by atoms with Gasteiger partial charge in [-0.05, 0) is 12.8 Å². The lowest BCUT2D eigenvalue weighted by atomic mass is 9.99. The lowest BCUT2D eigenvalue weighted by Gasteiger charge is -2.20. The first-order valence-corrected chi connectivity index (χ1v) is 13.1. The Hall–Kier alpha value is -1.27. The van der Waals surface area contributed by atoms with E-state index in [0.717, 1.165) is 7.11 Å². The van der Waals surface area contributed by atoms with E-state index in [1.807, 2.05) is 0 Å². The molecule has 1 aliphatic rings. The molecule has 0 bridgehead atoms. The topological polar surface area (TPSA) is 231 Å². The number of ether oxygens (including phenoxy) is 2. The van der Waals surface area contributed by atoms with Crippen LogP contribution in [0.15, 0.2) is 10.9 Å². The first-order chi connectivity index (χ1) is 15.1. The number of pyridine rings is 1. The van der Waals surface area contributed by atoms with Crippen LogP contribution in [-0.2, 0) is 36.3 Å². The summed E-state index contributed by atoms with van der Waals surface area (Å²) in [6.07, 6.45) is -5.77. The number of aliphatic hydroxyl groups is 1. The summed E-state index contributed by atoms with van der Waals surface area (Å²) in [5.74, 6) is 3.90. The normalized spacial score (nSPS) is 26.8. The molecule has 15 nitrogen and oxygen atoms in total. The minimum absolute atomic E-state index is 0.171. The van der Waals surface area contributed by atoms with Crippen LogP contribution >= 0.6 is 23.5 Å². The molecule has 1 saturated heterocycles. The van der Waals surface area contributed by atoms with Gasteiger partial charge in [-0.25, -0.2) is 18.1 Å². The van der Waals surface area contributed by atoms with E-state index in [0.29, 0.717) is 6.07 Å². The molecule has 1 aliphatic heterocycles. The second kappa shape index (κ2) is 10.6. The maximum atomic E-state index is 14.6. The molecular formula is C14H19FNO14P3. The highest BCUT2D eigenvalue weighted by Crippen LogP contribution is 2.66. The monoisotopic (exact) mass is 537 g/mol. The summed E-state index contributed by atoms with van der Waals surface area (Å²) in [7, 11) is -15.7. The molecule has 0 aliphatic carbocycles. The molecule has 2 rings (SSSR count). The highest BCUT2D eigenvalue weighted by atomic mass is 31.3. The van der Waals surface area contributed by atoms with Crippen molar-refractivity contribution in [3.8, 4) is 11.8 Å². The number of aromatic amines is 1. The van der Waals surface area contributed by atoms with Crippen molar-refractivity contribution in [2.75, 3.05) is 13.7 Å². The highest BCUT2D eigenvalue weighted by Gasteiger charge is 2.48. The third-order valence-electron chi connectivity index (χ3n) is 3.99. The summed E-state index contributed by atoms with van der Waals surface area (Å²) < 4.78 is 70.6. The molecule has 6 atom stereocenters. The number of nitrogens with one attached hydrogen (secondary N) is 1. The van der Waals surface area contributed by atoms with Crippen molar-refractivity contribution in [2.45, 2.75) is 31.3 Å². The number of halogens is 1. The number of aliphatic hydroxyl groups excluding tert-OH is 1. The Labute approximate surface area is 184 Å². The molecule has 1 fully saturated rings. The molecular weight excluding hydrogens is 518 g/mol. The second-order valence-corrected chi connectivity index (χ2v) is 10.7. The SMILES string of the molecule is CC#Cc1[nH]c(=O)cc(F)c1[C@@H]1O[C@H](COP(=O)(O)OP(=O)(O)OP(=O)(O)O)C(O)[C@@H]1OC. The lowest BCUT2D eigenvalue weighted by Crippen LogP contribution is -2.34. The number of H-pyrrole nitrogens is 1. The van der Waals surface area contributed by atoms with Crippen LogP contribution in [0.3, 0.4) is 0 Å². The van der Waals surface area contributed by atoms with Crippen LogP contribution in [0.2, 0.25) is 0 Å². The van der Waals surface area contributed by atoms with Crippen molar-refractivity contribution in [1.82, 2.24) is 4.98 Å². The molecule has 0 radical (unpaired) electrons. The minimum atomic E-state index is -5.74. The third-order valence-corrected chi connectivity index (χ3v) is 7.80. The van der Waals surface area contributed by atoms with Gasteiger partial charge >= 0.3 is 23.5 Å². The summed E-state index contributed by atoms with van der Waals surface area (Å²) >= 11 is 0. The smallest absolute Gasteiger partial charge is 0.387 e. The van der Waals surface area contributed by atoms with Crippen molar-refractivity contribution in [2.24, 2.45) is 0 Å². The Balaban J connectivity index is 2.22. The molecule has 0 aromatic carbocycles. The molecule has 2 heterocycles. The van der Waals surface area contributed by atoms with Gasteiger partial charge in [0.05, 0.1) is 12.2 Å². The van der Waals surface area contributed by atoms with Crippen molar-refractivity contribution < 1.29 is 65.4 Å². The van der Waals surface area contributed by atoms with Crippen LogP contribution in [-0.4, -0.2) is 61.7 Å². The quantitative estimate of drug-likeness (QED) is 0.181. The van der Waals surface area contributed by atoms with Gasteiger partial charge in [-0.1, -0.05) is 5.92 Å². The molecule has 33 heavy (non-hydrogen) atoms. The molecule has 6 N–H and O–H groups in total. The van der Waals surface area contributed by atoms with Crippen LogP contribution in [0.25, 0.3) is 0 Å². The molecule has 186 valence electrons. The summed E-state index contributed by atoms with van der Waals surface area (Å²) in [6, 6.07) is 0.609. The van der Waals surface area contributed by atoms with Crippen LogP contribution < -0.4 is 5.56 Å². The summed E-state index contributed by atoms with van der Waals surface area (Å²) in [5, 5.41) is 10.4. The van der Waals surface area contributed by atoms with Crippen molar-refractivity contribution in [3.63, 3.8) is 0 Å². The Morgan fingerprint density at radius 2 is 1.82 bits per heavy atom. The summed E-state index contributed by atoms with van der Waals surface area (Å²) in [6.45, 7) is 0.414. The molecule has 0 saturated carbocycles. The lowest BCUT2D eigenvalue weighted by molar-refractivity contribution is -0.0244. The largest absolute Gasteiger partial charge is 0.490 e. The average molecular weight is 537 g/mol. The van der Waals surface area contributed by atoms with E-state index >= 15 is 0 Å². The van der Waals surface area contributed by atoms with Gasteiger partial charge < -0.3 is 39.1 Å². The van der Waals surface area contributed by atoms with Crippen molar-refractivity contribution in [1.29, 1.82) is 0 Å². The van der Waals surface area contributed by atoms with E-state index in [1.165, 1.54) is 6.92 Å². The Bertz CT molecular complexity index is 1140. The average Bonchev–Trinajstić information content (AvgIpc) is 2.92. The van der Waals surface area contributed by atoms with Gasteiger partial charge in [-0.15, -0.1) is 0 Å². The molecule has 3 unspecified atom stereocenters. The number of phosphoric ester groups is 1. The number of phosphoric acid groups is 3. The Morgan fingerprint density at radius 1 is 1.18 bits per heavy atom. The van der Waals surface area contributed by atoms with E-state index < -0.39 is 65.9 Å². The van der Waals surface area contributed by atoms with Gasteiger partial charge in [0.15, 0.2) is 0 Å². The summed E-state index contributed by atoms with van der Waals surface area (Å²) in [4.78, 5) is 49.6. The Morgan fingerprint density at radius 3 is 2.36 bits per heavy atom. The van der Waals surface area contributed by atoms with Gasteiger partial charge in [-0.3, -0.25) is 9.32 Å². The van der Waals surface area contributed by atoms with Crippen molar-refractivity contribution >= 4 is 23.5 Å². The first-order valence-electron chi connectivity index (χ1n) is 8.59. The molecule has 1 aromatic heterocycles. The number of hydrogen-bond donors (Lipinski definition) is 6. The fraction of sp³-hybridized carbons (Fsp3) is 0.500. The van der Waals surface area contributed by atoms with Crippen LogP contribution in [0.1, 0.15) is 24.3 Å². The van der Waals surface area contributed by atoms with E-state index in [1.54, 1.807) is 0 Å². The zero-order valence-electron chi connectivity index (χ0n) is 16.7. The summed E-state index contributed by atoms with van der Waals surface area (Å²) in [5.41, 5.74) is -1.25. The number of rotatable bonds is 9. The fourth-order valence-corrected chi connectivity index (χ4v) is 5.91. The molecule has 0 spiro atoms. The highest BCUT2D eigenvalue weighted by molar-refractivity contribution is 7.66. The molecule has 1 aromatic rings. The van der Waals surface area contributed by atoms with E-state index in [9.17, 15) is 32.9 Å².